The van der Waals surface area contributed by atoms with Gasteiger partial charge in [0.1, 0.15) is 0 Å². The fourth-order valence-corrected chi connectivity index (χ4v) is 1.98. The summed E-state index contributed by atoms with van der Waals surface area (Å²) in [7, 11) is 0. The molecule has 0 spiro atoms. The maximum Gasteiger partial charge on any atom is 0.177 e. The molecule has 1 aromatic heterocycles. The van der Waals surface area contributed by atoms with Crippen LogP contribution in [0.1, 0.15) is 12.8 Å². The second-order valence-electron chi connectivity index (χ2n) is 3.14. The molecule has 12 heavy (non-hydrogen) atoms. The number of nitrogens with one attached hydrogen (secondary N) is 1. The van der Waals surface area contributed by atoms with Crippen molar-refractivity contribution in [3.8, 4) is 0 Å². The number of rotatable bonds is 2. The van der Waals surface area contributed by atoms with E-state index in [1.54, 1.807) is 0 Å². The lowest BCUT2D eigenvalue weighted by Crippen LogP contribution is -2.26. The highest BCUT2D eigenvalue weighted by Gasteiger charge is 2.14. The molecule has 0 amide bonds. The lowest BCUT2D eigenvalue weighted by molar-refractivity contribution is 0.503. The van der Waals surface area contributed by atoms with E-state index in [1.165, 1.54) is 12.8 Å². The molecule has 0 bridgehead atoms. The van der Waals surface area contributed by atoms with Crippen LogP contribution in [-0.2, 0) is 6.54 Å². The van der Waals surface area contributed by atoms with Crippen LogP contribution >= 0.6 is 15.9 Å². The van der Waals surface area contributed by atoms with Crippen LogP contribution in [0.5, 0.6) is 0 Å². The molecular weight excluding hydrogens is 218 g/mol. The normalized spacial score (nSPS) is 23.2. The first-order valence-corrected chi connectivity index (χ1v) is 5.05. The molecular formula is C8H12BrN3. The van der Waals surface area contributed by atoms with E-state index in [2.05, 4.69) is 30.8 Å². The molecule has 3 nitrogen and oxygen atoms in total. The third kappa shape index (κ3) is 1.69. The Morgan fingerprint density at radius 2 is 2.67 bits per heavy atom. The van der Waals surface area contributed by atoms with Gasteiger partial charge in [0.05, 0.1) is 0 Å². The molecule has 1 unspecified atom stereocenters. The van der Waals surface area contributed by atoms with Crippen LogP contribution in [-0.4, -0.2) is 22.1 Å². The SMILES string of the molecule is Brc1nccn1CC1CCCN1. The Labute approximate surface area is 80.3 Å². The topological polar surface area (TPSA) is 29.9 Å². The van der Waals surface area contributed by atoms with Gasteiger partial charge in [0.25, 0.3) is 0 Å². The van der Waals surface area contributed by atoms with Crippen LogP contribution in [0.2, 0.25) is 0 Å². The van der Waals surface area contributed by atoms with Crippen LogP contribution < -0.4 is 5.32 Å². The van der Waals surface area contributed by atoms with E-state index in [4.69, 9.17) is 0 Å². The van der Waals surface area contributed by atoms with Crippen LogP contribution in [0.3, 0.4) is 0 Å². The van der Waals surface area contributed by atoms with Gasteiger partial charge in [-0.25, -0.2) is 4.98 Å². The van der Waals surface area contributed by atoms with Crippen molar-refractivity contribution >= 4 is 15.9 Å². The van der Waals surface area contributed by atoms with Gasteiger partial charge in [0, 0.05) is 25.0 Å². The summed E-state index contributed by atoms with van der Waals surface area (Å²) >= 11 is 3.40. The minimum absolute atomic E-state index is 0.635. The zero-order valence-corrected chi connectivity index (χ0v) is 8.42. The summed E-state index contributed by atoms with van der Waals surface area (Å²) in [5.74, 6) is 0. The first kappa shape index (κ1) is 8.26. The van der Waals surface area contributed by atoms with Gasteiger partial charge < -0.3 is 9.88 Å². The van der Waals surface area contributed by atoms with Gasteiger partial charge in [-0.05, 0) is 35.3 Å². The molecule has 0 aromatic carbocycles. The maximum atomic E-state index is 4.11. The van der Waals surface area contributed by atoms with E-state index in [1.807, 2.05) is 12.4 Å². The molecule has 1 aliphatic heterocycles. The molecule has 4 heteroatoms. The van der Waals surface area contributed by atoms with E-state index in [9.17, 15) is 0 Å². The van der Waals surface area contributed by atoms with Gasteiger partial charge in [-0.2, -0.15) is 0 Å². The van der Waals surface area contributed by atoms with E-state index < -0.39 is 0 Å². The van der Waals surface area contributed by atoms with Crippen molar-refractivity contribution in [3.05, 3.63) is 17.1 Å². The van der Waals surface area contributed by atoms with Crippen molar-refractivity contribution in [1.82, 2.24) is 14.9 Å². The Balaban J connectivity index is 1.98. The van der Waals surface area contributed by atoms with Gasteiger partial charge in [0.2, 0.25) is 0 Å². The zero-order valence-electron chi connectivity index (χ0n) is 6.83. The summed E-state index contributed by atoms with van der Waals surface area (Å²) in [4.78, 5) is 4.11. The number of hydrogen-bond acceptors (Lipinski definition) is 2. The van der Waals surface area contributed by atoms with Crippen molar-refractivity contribution in [2.75, 3.05) is 6.54 Å². The Hall–Kier alpha value is -0.350. The van der Waals surface area contributed by atoms with Crippen LogP contribution in [0.15, 0.2) is 17.1 Å². The molecule has 0 saturated carbocycles. The number of imidazole rings is 1. The predicted octanol–water partition coefficient (Wildman–Crippen LogP) is 1.40. The van der Waals surface area contributed by atoms with Gasteiger partial charge in [0.15, 0.2) is 4.73 Å². The highest BCUT2D eigenvalue weighted by molar-refractivity contribution is 9.10. The van der Waals surface area contributed by atoms with E-state index in [0.717, 1.165) is 17.8 Å². The predicted molar refractivity (Wildman–Crippen MR) is 51.0 cm³/mol. The third-order valence-electron chi connectivity index (χ3n) is 2.24. The van der Waals surface area contributed by atoms with Crippen LogP contribution in [0, 0.1) is 0 Å². The summed E-state index contributed by atoms with van der Waals surface area (Å²) in [6.45, 7) is 2.19. The first-order chi connectivity index (χ1) is 5.86. The average Bonchev–Trinajstić information content (AvgIpc) is 2.65. The Bertz CT molecular complexity index is 253. The Kier molecular flexibility index (Phi) is 2.46. The number of hydrogen-bond donors (Lipinski definition) is 1. The molecule has 1 aromatic rings. The van der Waals surface area contributed by atoms with E-state index in [-0.39, 0.29) is 0 Å². The molecule has 2 rings (SSSR count). The quantitative estimate of drug-likeness (QED) is 0.832. The van der Waals surface area contributed by atoms with E-state index >= 15 is 0 Å². The van der Waals surface area contributed by atoms with Crippen molar-refractivity contribution in [3.63, 3.8) is 0 Å². The molecule has 0 radical (unpaired) electrons. The third-order valence-corrected chi connectivity index (χ3v) is 2.90. The molecule has 1 atom stereocenters. The largest absolute Gasteiger partial charge is 0.324 e. The lowest BCUT2D eigenvalue weighted by atomic mass is 10.2. The molecule has 1 N–H and O–H groups in total. The summed E-state index contributed by atoms with van der Waals surface area (Å²) in [6, 6.07) is 0.635. The highest BCUT2D eigenvalue weighted by Crippen LogP contribution is 2.11. The van der Waals surface area contributed by atoms with Crippen molar-refractivity contribution < 1.29 is 0 Å². The van der Waals surface area contributed by atoms with Crippen molar-refractivity contribution in [2.45, 2.75) is 25.4 Å². The summed E-state index contributed by atoms with van der Waals surface area (Å²) in [6.07, 6.45) is 6.41. The molecule has 66 valence electrons. The fraction of sp³-hybridized carbons (Fsp3) is 0.625. The van der Waals surface area contributed by atoms with E-state index in [0.29, 0.717) is 6.04 Å². The van der Waals surface area contributed by atoms with Gasteiger partial charge >= 0.3 is 0 Å². The summed E-state index contributed by atoms with van der Waals surface area (Å²) in [5.41, 5.74) is 0. The van der Waals surface area contributed by atoms with Gasteiger partial charge in [-0.3, -0.25) is 0 Å². The molecule has 2 heterocycles. The summed E-state index contributed by atoms with van der Waals surface area (Å²) in [5, 5.41) is 3.45. The van der Waals surface area contributed by atoms with Crippen LogP contribution in [0.4, 0.5) is 0 Å². The average molecular weight is 230 g/mol. The van der Waals surface area contributed by atoms with Crippen molar-refractivity contribution in [2.24, 2.45) is 0 Å². The van der Waals surface area contributed by atoms with Crippen LogP contribution in [0.25, 0.3) is 0 Å². The monoisotopic (exact) mass is 229 g/mol. The smallest absolute Gasteiger partial charge is 0.177 e. The highest BCUT2D eigenvalue weighted by atomic mass is 79.9. The zero-order chi connectivity index (χ0) is 8.39. The fourth-order valence-electron chi connectivity index (χ4n) is 1.60. The number of aromatic nitrogens is 2. The number of nitrogens with zero attached hydrogens (tertiary/aromatic N) is 2. The minimum Gasteiger partial charge on any atom is -0.324 e. The number of halogens is 1. The lowest BCUT2D eigenvalue weighted by Gasteiger charge is -2.10. The second-order valence-corrected chi connectivity index (χ2v) is 3.85. The second kappa shape index (κ2) is 3.58. The molecule has 1 saturated heterocycles. The van der Waals surface area contributed by atoms with Gasteiger partial charge in [-0.15, -0.1) is 0 Å². The maximum absolute atomic E-state index is 4.11. The van der Waals surface area contributed by atoms with Crippen molar-refractivity contribution in [1.29, 1.82) is 0 Å². The molecule has 0 aliphatic carbocycles. The Morgan fingerprint density at radius 1 is 1.75 bits per heavy atom. The minimum atomic E-state index is 0.635. The Morgan fingerprint density at radius 3 is 3.25 bits per heavy atom. The molecule has 1 aliphatic rings. The summed E-state index contributed by atoms with van der Waals surface area (Å²) < 4.78 is 3.06. The standard InChI is InChI=1S/C8H12BrN3/c9-8-11-4-5-12(8)6-7-2-1-3-10-7/h4-5,7,10H,1-3,6H2. The first-order valence-electron chi connectivity index (χ1n) is 4.26. The molecule has 1 fully saturated rings. The van der Waals surface area contributed by atoms with Gasteiger partial charge in [-0.1, -0.05) is 0 Å².